The number of nitrogens with zero attached hydrogens (tertiary/aromatic N) is 3. The molecular weight excluding hydrogens is 354 g/mol. The Balaban J connectivity index is 2.04. The van der Waals surface area contributed by atoms with Crippen LogP contribution in [0.15, 0.2) is 48.5 Å². The number of ether oxygens (including phenoxy) is 1. The molecule has 0 aliphatic carbocycles. The third-order valence-electron chi connectivity index (χ3n) is 3.98. The predicted molar refractivity (Wildman–Crippen MR) is 107 cm³/mol. The lowest BCUT2D eigenvalue weighted by Crippen LogP contribution is -2.11. The first-order chi connectivity index (χ1) is 13.4. The van der Waals surface area contributed by atoms with Gasteiger partial charge in [0.1, 0.15) is 17.5 Å². The Bertz CT molecular complexity index is 1090. The summed E-state index contributed by atoms with van der Waals surface area (Å²) >= 11 is 0. The number of nitriles is 1. The summed E-state index contributed by atoms with van der Waals surface area (Å²) in [4.78, 5) is 20.2. The summed E-state index contributed by atoms with van der Waals surface area (Å²) < 4.78 is 5.26. The Morgan fingerprint density at radius 2 is 1.68 bits per heavy atom. The summed E-state index contributed by atoms with van der Waals surface area (Å²) in [5.74, 6) is -0.347. The van der Waals surface area contributed by atoms with E-state index in [2.05, 4.69) is 9.97 Å². The third-order valence-corrected chi connectivity index (χ3v) is 3.98. The number of anilines is 2. The van der Waals surface area contributed by atoms with E-state index in [-0.39, 0.29) is 29.4 Å². The van der Waals surface area contributed by atoms with Crippen LogP contribution in [-0.2, 0) is 4.74 Å². The fourth-order valence-electron chi connectivity index (χ4n) is 2.77. The maximum absolute atomic E-state index is 12.2. The Hall–Kier alpha value is -3.92. The van der Waals surface area contributed by atoms with Crippen molar-refractivity contribution in [1.29, 1.82) is 5.26 Å². The fraction of sp³-hybridized carbons (Fsp3) is 0.143. The molecule has 0 aliphatic heterocycles. The van der Waals surface area contributed by atoms with Gasteiger partial charge >= 0.3 is 5.97 Å². The summed E-state index contributed by atoms with van der Waals surface area (Å²) in [6.45, 7) is 3.61. The standard InChI is InChI=1S/C21H19N5O2/c1-12(2)28-20(27)16-8-4-6-14(10-16)13-5-3-7-15(9-13)18-17(11-22)19(23)26-21(24)25-18/h3-10,12H,1-2H3,(H4,23,24,25,26). The monoisotopic (exact) mass is 373 g/mol. The molecule has 2 aromatic carbocycles. The fourth-order valence-corrected chi connectivity index (χ4v) is 2.77. The Morgan fingerprint density at radius 1 is 1.04 bits per heavy atom. The topological polar surface area (TPSA) is 128 Å². The van der Waals surface area contributed by atoms with Gasteiger partial charge in [-0.25, -0.2) is 9.78 Å². The second-order valence-electron chi connectivity index (χ2n) is 6.42. The normalized spacial score (nSPS) is 10.5. The average Bonchev–Trinajstić information content (AvgIpc) is 2.67. The zero-order valence-electron chi connectivity index (χ0n) is 15.5. The summed E-state index contributed by atoms with van der Waals surface area (Å²) in [5.41, 5.74) is 14.8. The van der Waals surface area contributed by atoms with E-state index in [1.54, 1.807) is 32.0 Å². The van der Waals surface area contributed by atoms with Gasteiger partial charge in [-0.1, -0.05) is 30.3 Å². The molecule has 0 bridgehead atoms. The highest BCUT2D eigenvalue weighted by Crippen LogP contribution is 2.29. The van der Waals surface area contributed by atoms with Crippen molar-refractivity contribution in [3.05, 3.63) is 59.7 Å². The minimum Gasteiger partial charge on any atom is -0.459 e. The highest BCUT2D eigenvalue weighted by molar-refractivity contribution is 5.91. The zero-order chi connectivity index (χ0) is 20.3. The van der Waals surface area contributed by atoms with E-state index in [4.69, 9.17) is 16.2 Å². The van der Waals surface area contributed by atoms with Gasteiger partial charge in [0.2, 0.25) is 5.95 Å². The number of hydrogen-bond donors (Lipinski definition) is 2. The third kappa shape index (κ3) is 3.91. The summed E-state index contributed by atoms with van der Waals surface area (Å²) in [6.07, 6.45) is -0.197. The largest absolute Gasteiger partial charge is 0.459 e. The molecule has 4 N–H and O–H groups in total. The molecule has 7 heteroatoms. The number of carbonyl (C=O) groups is 1. The van der Waals surface area contributed by atoms with Crippen LogP contribution in [-0.4, -0.2) is 22.0 Å². The van der Waals surface area contributed by atoms with E-state index in [1.165, 1.54) is 0 Å². The van der Waals surface area contributed by atoms with E-state index < -0.39 is 0 Å². The van der Waals surface area contributed by atoms with E-state index in [0.29, 0.717) is 16.8 Å². The number of benzene rings is 2. The van der Waals surface area contributed by atoms with Crippen LogP contribution < -0.4 is 11.5 Å². The Labute approximate surface area is 162 Å². The minimum absolute atomic E-state index is 0.00432. The van der Waals surface area contributed by atoms with Gasteiger partial charge in [0, 0.05) is 5.56 Å². The van der Waals surface area contributed by atoms with Crippen molar-refractivity contribution in [2.24, 2.45) is 0 Å². The van der Waals surface area contributed by atoms with E-state index >= 15 is 0 Å². The van der Waals surface area contributed by atoms with Gasteiger partial charge in [-0.05, 0) is 43.2 Å². The number of rotatable bonds is 4. The lowest BCUT2D eigenvalue weighted by molar-refractivity contribution is 0.0378. The zero-order valence-corrected chi connectivity index (χ0v) is 15.5. The molecule has 3 aromatic rings. The molecule has 3 rings (SSSR count). The molecule has 1 heterocycles. The van der Waals surface area contributed by atoms with Gasteiger partial charge in [0.15, 0.2) is 0 Å². The molecule has 0 amide bonds. The van der Waals surface area contributed by atoms with Crippen molar-refractivity contribution in [2.45, 2.75) is 20.0 Å². The van der Waals surface area contributed by atoms with Gasteiger partial charge in [0.25, 0.3) is 0 Å². The molecule has 28 heavy (non-hydrogen) atoms. The van der Waals surface area contributed by atoms with Crippen LogP contribution in [0.2, 0.25) is 0 Å². The molecule has 0 saturated heterocycles. The number of carbonyl (C=O) groups excluding carboxylic acids is 1. The number of nitrogens with two attached hydrogens (primary N) is 2. The van der Waals surface area contributed by atoms with Gasteiger partial charge in [-0.15, -0.1) is 0 Å². The number of aromatic nitrogens is 2. The molecule has 1 aromatic heterocycles. The first-order valence-corrected chi connectivity index (χ1v) is 8.64. The van der Waals surface area contributed by atoms with Crippen molar-refractivity contribution >= 4 is 17.7 Å². The van der Waals surface area contributed by atoms with Crippen molar-refractivity contribution in [3.8, 4) is 28.5 Å². The van der Waals surface area contributed by atoms with Crippen LogP contribution in [0.4, 0.5) is 11.8 Å². The van der Waals surface area contributed by atoms with Crippen LogP contribution in [0.25, 0.3) is 22.4 Å². The molecule has 0 spiro atoms. The molecule has 0 atom stereocenters. The molecule has 140 valence electrons. The summed E-state index contributed by atoms with van der Waals surface area (Å²) in [5, 5.41) is 9.40. The molecule has 0 fully saturated rings. The van der Waals surface area contributed by atoms with E-state index in [1.807, 2.05) is 36.4 Å². The van der Waals surface area contributed by atoms with E-state index in [0.717, 1.165) is 11.1 Å². The number of hydrogen-bond acceptors (Lipinski definition) is 7. The summed E-state index contributed by atoms with van der Waals surface area (Å²) in [6, 6.07) is 16.6. The SMILES string of the molecule is CC(C)OC(=O)c1cccc(-c2cccc(-c3nc(N)nc(N)c3C#N)c2)c1. The average molecular weight is 373 g/mol. The lowest BCUT2D eigenvalue weighted by atomic mass is 9.98. The molecule has 0 unspecified atom stereocenters. The van der Waals surface area contributed by atoms with Crippen LogP contribution in [0.1, 0.15) is 29.8 Å². The van der Waals surface area contributed by atoms with Crippen LogP contribution >= 0.6 is 0 Å². The lowest BCUT2D eigenvalue weighted by Gasteiger charge is -2.11. The van der Waals surface area contributed by atoms with Crippen molar-refractivity contribution in [3.63, 3.8) is 0 Å². The van der Waals surface area contributed by atoms with Gasteiger partial charge in [0.05, 0.1) is 17.4 Å². The second kappa shape index (κ2) is 7.76. The summed E-state index contributed by atoms with van der Waals surface area (Å²) in [7, 11) is 0. The van der Waals surface area contributed by atoms with E-state index in [9.17, 15) is 10.1 Å². The highest BCUT2D eigenvalue weighted by Gasteiger charge is 2.15. The minimum atomic E-state index is -0.379. The van der Waals surface area contributed by atoms with Crippen LogP contribution in [0.5, 0.6) is 0 Å². The molecule has 7 nitrogen and oxygen atoms in total. The Morgan fingerprint density at radius 3 is 2.36 bits per heavy atom. The first kappa shape index (κ1) is 18.9. The smallest absolute Gasteiger partial charge is 0.338 e. The van der Waals surface area contributed by atoms with Crippen LogP contribution in [0, 0.1) is 11.3 Å². The quantitative estimate of drug-likeness (QED) is 0.671. The first-order valence-electron chi connectivity index (χ1n) is 8.64. The predicted octanol–water partition coefficient (Wildman–Crippen LogP) is 3.41. The maximum Gasteiger partial charge on any atom is 0.338 e. The van der Waals surface area contributed by atoms with Gasteiger partial charge in [-0.3, -0.25) is 0 Å². The van der Waals surface area contributed by atoms with Crippen molar-refractivity contribution in [1.82, 2.24) is 9.97 Å². The number of esters is 1. The highest BCUT2D eigenvalue weighted by atomic mass is 16.5. The number of nitrogen functional groups attached to an aromatic ring is 2. The van der Waals surface area contributed by atoms with Gasteiger partial charge in [-0.2, -0.15) is 10.2 Å². The van der Waals surface area contributed by atoms with Gasteiger partial charge < -0.3 is 16.2 Å². The van der Waals surface area contributed by atoms with Crippen LogP contribution in [0.3, 0.4) is 0 Å². The Kier molecular flexibility index (Phi) is 5.23. The van der Waals surface area contributed by atoms with Crippen molar-refractivity contribution in [2.75, 3.05) is 11.5 Å². The molecule has 0 radical (unpaired) electrons. The second-order valence-corrected chi connectivity index (χ2v) is 6.42. The molecular formula is C21H19N5O2. The maximum atomic E-state index is 12.2. The molecule has 0 saturated carbocycles. The molecule has 0 aliphatic rings. The van der Waals surface area contributed by atoms with Crippen molar-refractivity contribution < 1.29 is 9.53 Å².